The summed E-state index contributed by atoms with van der Waals surface area (Å²) in [6, 6.07) is 1.33. The molecule has 0 aromatic heterocycles. The first-order chi connectivity index (χ1) is 9.97. The van der Waals surface area contributed by atoms with Gasteiger partial charge < -0.3 is 10.2 Å². The Balaban J connectivity index is 2.03. The van der Waals surface area contributed by atoms with Crippen molar-refractivity contribution in [2.45, 2.75) is 32.2 Å². The molecule has 1 unspecified atom stereocenters. The van der Waals surface area contributed by atoms with E-state index in [0.717, 1.165) is 38.1 Å². The van der Waals surface area contributed by atoms with E-state index >= 15 is 0 Å². The third-order valence-corrected chi connectivity index (χ3v) is 3.61. The van der Waals surface area contributed by atoms with Gasteiger partial charge in [-0.25, -0.2) is 8.78 Å². The van der Waals surface area contributed by atoms with Gasteiger partial charge in [-0.1, -0.05) is 6.42 Å². The van der Waals surface area contributed by atoms with Crippen molar-refractivity contribution in [2.75, 3.05) is 25.0 Å². The molecule has 5 nitrogen and oxygen atoms in total. The molecular weight excluding hydrogens is 280 g/mol. The third kappa shape index (κ3) is 4.10. The number of likely N-dealkylation sites (tertiary alicyclic amines) is 1. The van der Waals surface area contributed by atoms with Crippen LogP contribution < -0.4 is 5.32 Å². The van der Waals surface area contributed by atoms with E-state index in [1.807, 2.05) is 6.92 Å². The molecule has 1 fully saturated rings. The Labute approximate surface area is 122 Å². The topological polar surface area (TPSA) is 58.4 Å². The van der Waals surface area contributed by atoms with Crippen LogP contribution in [0.3, 0.4) is 0 Å². The maximum atomic E-state index is 13.8. The quantitative estimate of drug-likeness (QED) is 0.670. The van der Waals surface area contributed by atoms with Gasteiger partial charge in [0.1, 0.15) is 5.69 Å². The number of benzene rings is 1. The summed E-state index contributed by atoms with van der Waals surface area (Å²) in [6.07, 6.45) is 3.52. The Bertz CT molecular complexity index is 496. The largest absolute Gasteiger partial charge is 0.377 e. The van der Waals surface area contributed by atoms with E-state index in [-0.39, 0.29) is 11.7 Å². The average molecular weight is 299 g/mol. The minimum atomic E-state index is -0.938. The molecule has 1 aliphatic heterocycles. The van der Waals surface area contributed by atoms with Crippen molar-refractivity contribution in [1.82, 2.24) is 4.90 Å². The summed E-state index contributed by atoms with van der Waals surface area (Å²) in [4.78, 5) is 12.0. The molecule has 0 aliphatic carbocycles. The van der Waals surface area contributed by atoms with Gasteiger partial charge in [-0.2, -0.15) is 0 Å². The highest BCUT2D eigenvalue weighted by molar-refractivity contribution is 5.52. The van der Waals surface area contributed by atoms with Gasteiger partial charge in [0.15, 0.2) is 11.6 Å². The molecule has 21 heavy (non-hydrogen) atoms. The van der Waals surface area contributed by atoms with Crippen molar-refractivity contribution in [3.8, 4) is 0 Å². The van der Waals surface area contributed by atoms with Crippen molar-refractivity contribution in [3.05, 3.63) is 33.9 Å². The van der Waals surface area contributed by atoms with E-state index in [2.05, 4.69) is 10.2 Å². The number of nitro benzene ring substituents is 1. The molecule has 1 aromatic rings. The van der Waals surface area contributed by atoms with Crippen molar-refractivity contribution >= 4 is 11.4 Å². The number of non-ortho nitro benzene ring substituents is 1. The Morgan fingerprint density at radius 2 is 1.86 bits per heavy atom. The summed E-state index contributed by atoms with van der Waals surface area (Å²) in [5, 5.41) is 13.3. The van der Waals surface area contributed by atoms with Crippen molar-refractivity contribution in [1.29, 1.82) is 0 Å². The minimum Gasteiger partial charge on any atom is -0.377 e. The molecule has 1 heterocycles. The number of nitrogens with zero attached hydrogens (tertiary/aromatic N) is 2. The highest BCUT2D eigenvalue weighted by atomic mass is 19.1. The first kappa shape index (κ1) is 15.6. The number of nitro groups is 1. The van der Waals surface area contributed by atoms with E-state index in [9.17, 15) is 18.9 Å². The van der Waals surface area contributed by atoms with E-state index in [0.29, 0.717) is 6.54 Å². The van der Waals surface area contributed by atoms with E-state index < -0.39 is 22.2 Å². The number of hydrogen-bond acceptors (Lipinski definition) is 4. The van der Waals surface area contributed by atoms with E-state index in [1.54, 1.807) is 0 Å². The van der Waals surface area contributed by atoms with Crippen LogP contribution in [-0.2, 0) is 0 Å². The number of halogens is 2. The first-order valence-corrected chi connectivity index (χ1v) is 7.09. The Morgan fingerprint density at radius 3 is 2.38 bits per heavy atom. The van der Waals surface area contributed by atoms with Crippen LogP contribution in [0.4, 0.5) is 20.2 Å². The number of piperidine rings is 1. The fourth-order valence-electron chi connectivity index (χ4n) is 2.62. The predicted octanol–water partition coefficient (Wildman–Crippen LogP) is 3.16. The van der Waals surface area contributed by atoms with Crippen LogP contribution in [0.2, 0.25) is 0 Å². The van der Waals surface area contributed by atoms with Crippen molar-refractivity contribution < 1.29 is 13.7 Å². The van der Waals surface area contributed by atoms with Crippen LogP contribution in [0.5, 0.6) is 0 Å². The molecule has 1 aliphatic rings. The van der Waals surface area contributed by atoms with E-state index in [1.165, 1.54) is 6.42 Å². The van der Waals surface area contributed by atoms with Crippen LogP contribution in [0, 0.1) is 21.7 Å². The molecule has 0 bridgehead atoms. The van der Waals surface area contributed by atoms with Gasteiger partial charge in [-0.3, -0.25) is 10.1 Å². The normalized spacial score (nSPS) is 17.5. The molecule has 1 N–H and O–H groups in total. The fraction of sp³-hybridized carbons (Fsp3) is 0.571. The van der Waals surface area contributed by atoms with Gasteiger partial charge in [0.2, 0.25) is 0 Å². The van der Waals surface area contributed by atoms with Gasteiger partial charge in [0, 0.05) is 12.6 Å². The fourth-order valence-corrected chi connectivity index (χ4v) is 2.62. The van der Waals surface area contributed by atoms with Crippen LogP contribution in [0.1, 0.15) is 26.2 Å². The Kier molecular flexibility index (Phi) is 5.06. The lowest BCUT2D eigenvalue weighted by Crippen LogP contribution is -2.38. The average Bonchev–Trinajstić information content (AvgIpc) is 2.43. The predicted molar refractivity (Wildman–Crippen MR) is 76.4 cm³/mol. The van der Waals surface area contributed by atoms with Crippen LogP contribution >= 0.6 is 0 Å². The first-order valence-electron chi connectivity index (χ1n) is 7.09. The standard InChI is InChI=1S/C14H19F2N3O2/c1-10(9-18-5-3-2-4-6-18)17-14-12(15)7-11(19(20)21)8-13(14)16/h7-8,10,17H,2-6,9H2,1H3. The molecule has 0 saturated carbocycles. The second-order valence-corrected chi connectivity index (χ2v) is 5.45. The van der Waals surface area contributed by atoms with Crippen molar-refractivity contribution in [3.63, 3.8) is 0 Å². The van der Waals surface area contributed by atoms with Gasteiger partial charge in [-0.15, -0.1) is 0 Å². The SMILES string of the molecule is CC(CN1CCCCC1)Nc1c(F)cc([N+](=O)[O-])cc1F. The molecule has 0 spiro atoms. The lowest BCUT2D eigenvalue weighted by molar-refractivity contribution is -0.385. The zero-order valence-electron chi connectivity index (χ0n) is 11.9. The molecule has 1 aromatic carbocycles. The van der Waals surface area contributed by atoms with Crippen LogP contribution in [-0.4, -0.2) is 35.5 Å². The molecule has 0 amide bonds. The molecule has 0 radical (unpaired) electrons. The second kappa shape index (κ2) is 6.80. The lowest BCUT2D eigenvalue weighted by atomic mass is 10.1. The van der Waals surface area contributed by atoms with Gasteiger partial charge in [0.05, 0.1) is 17.1 Å². The Morgan fingerprint density at radius 1 is 1.29 bits per heavy atom. The van der Waals surface area contributed by atoms with Crippen molar-refractivity contribution in [2.24, 2.45) is 0 Å². The lowest BCUT2D eigenvalue weighted by Gasteiger charge is -2.29. The zero-order chi connectivity index (χ0) is 15.4. The van der Waals surface area contributed by atoms with Gasteiger partial charge >= 0.3 is 0 Å². The molecule has 116 valence electrons. The highest BCUT2D eigenvalue weighted by Crippen LogP contribution is 2.25. The summed E-state index contributed by atoms with van der Waals surface area (Å²) in [5.41, 5.74) is -0.885. The summed E-state index contributed by atoms with van der Waals surface area (Å²) in [6.45, 7) is 4.53. The number of nitrogens with one attached hydrogen (secondary N) is 1. The molecule has 2 rings (SSSR count). The van der Waals surface area contributed by atoms with E-state index in [4.69, 9.17) is 0 Å². The summed E-state index contributed by atoms with van der Waals surface area (Å²) < 4.78 is 27.6. The number of hydrogen-bond donors (Lipinski definition) is 1. The Hall–Kier alpha value is -1.76. The molecule has 1 atom stereocenters. The molecular formula is C14H19F2N3O2. The monoisotopic (exact) mass is 299 g/mol. The second-order valence-electron chi connectivity index (χ2n) is 5.45. The van der Waals surface area contributed by atoms with Crippen LogP contribution in [0.15, 0.2) is 12.1 Å². The summed E-state index contributed by atoms with van der Waals surface area (Å²) in [7, 11) is 0. The summed E-state index contributed by atoms with van der Waals surface area (Å²) in [5.74, 6) is -1.88. The van der Waals surface area contributed by atoms with Crippen LogP contribution in [0.25, 0.3) is 0 Å². The van der Waals surface area contributed by atoms with Gasteiger partial charge in [0.25, 0.3) is 5.69 Å². The number of anilines is 1. The molecule has 7 heteroatoms. The summed E-state index contributed by atoms with van der Waals surface area (Å²) >= 11 is 0. The van der Waals surface area contributed by atoms with Gasteiger partial charge in [-0.05, 0) is 32.9 Å². The molecule has 1 saturated heterocycles. The minimum absolute atomic E-state index is 0.145. The maximum absolute atomic E-state index is 13.8. The number of rotatable bonds is 5. The highest BCUT2D eigenvalue weighted by Gasteiger charge is 2.19. The smallest absolute Gasteiger partial charge is 0.275 e. The third-order valence-electron chi connectivity index (χ3n) is 3.61. The maximum Gasteiger partial charge on any atom is 0.275 e. The zero-order valence-corrected chi connectivity index (χ0v) is 11.9.